The third-order valence-corrected chi connectivity index (χ3v) is 5.50. The fourth-order valence-corrected chi connectivity index (χ4v) is 3.72. The smallest absolute Gasteiger partial charge is 0.260 e. The molecule has 0 fully saturated rings. The van der Waals surface area contributed by atoms with Gasteiger partial charge < -0.3 is 24.6 Å². The molecule has 31 heavy (non-hydrogen) atoms. The van der Waals surface area contributed by atoms with Gasteiger partial charge >= 0.3 is 0 Å². The van der Waals surface area contributed by atoms with Crippen molar-refractivity contribution in [3.8, 4) is 17.3 Å². The summed E-state index contributed by atoms with van der Waals surface area (Å²) in [6.07, 6.45) is 2.48. The van der Waals surface area contributed by atoms with Gasteiger partial charge in [0.1, 0.15) is 23.6 Å². The minimum atomic E-state index is -0.289. The van der Waals surface area contributed by atoms with Gasteiger partial charge in [-0.05, 0) is 55.8 Å². The number of carbonyl (C=O) groups is 1. The Morgan fingerprint density at radius 3 is 2.94 bits per heavy atom. The molecule has 0 saturated carbocycles. The summed E-state index contributed by atoms with van der Waals surface area (Å²) < 4.78 is 7.24. The summed E-state index contributed by atoms with van der Waals surface area (Å²) in [5.41, 5.74) is 3.37. The van der Waals surface area contributed by atoms with Gasteiger partial charge in [0.05, 0.1) is 25.3 Å². The number of benzene rings is 1. The first-order valence-corrected chi connectivity index (χ1v) is 10.2. The molecule has 1 aliphatic rings. The Bertz CT molecular complexity index is 1100. The van der Waals surface area contributed by atoms with E-state index in [9.17, 15) is 9.90 Å². The zero-order valence-corrected chi connectivity index (χ0v) is 17.9. The van der Waals surface area contributed by atoms with Crippen molar-refractivity contribution in [1.82, 2.24) is 24.6 Å². The summed E-state index contributed by atoms with van der Waals surface area (Å²) in [4.78, 5) is 19.8. The number of nitrogens with one attached hydrogen (secondary N) is 1. The Kier molecular flexibility index (Phi) is 5.97. The largest absolute Gasteiger partial charge is 0.496 e. The molecule has 9 nitrogen and oxygen atoms in total. The summed E-state index contributed by atoms with van der Waals surface area (Å²) >= 11 is 0. The number of hydrogen-bond donors (Lipinski definition) is 2. The van der Waals surface area contributed by atoms with Crippen molar-refractivity contribution >= 4 is 11.7 Å². The van der Waals surface area contributed by atoms with Gasteiger partial charge in [0.15, 0.2) is 5.82 Å². The summed E-state index contributed by atoms with van der Waals surface area (Å²) in [6, 6.07) is 8.97. The number of carbonyl (C=O) groups excluding carboxylic acids is 1. The fourth-order valence-electron chi connectivity index (χ4n) is 3.72. The van der Waals surface area contributed by atoms with Crippen molar-refractivity contribution in [3.05, 3.63) is 53.3 Å². The highest BCUT2D eigenvalue weighted by atomic mass is 16.5. The molecule has 2 N–H and O–H groups in total. The van der Waals surface area contributed by atoms with Crippen LogP contribution in [0, 0.1) is 0 Å². The number of likely N-dealkylation sites (N-methyl/N-ethyl adjacent to an activating group) is 1. The number of aliphatic hydroxyl groups excluding tert-OH is 1. The molecule has 9 heteroatoms. The normalized spacial score (nSPS) is 14.7. The summed E-state index contributed by atoms with van der Waals surface area (Å²) in [5, 5.41) is 20.4. The van der Waals surface area contributed by atoms with Crippen LogP contribution in [0.4, 0.5) is 5.82 Å². The van der Waals surface area contributed by atoms with Crippen molar-refractivity contribution in [3.63, 3.8) is 0 Å². The van der Waals surface area contributed by atoms with E-state index >= 15 is 0 Å². The molecule has 1 aliphatic heterocycles. The molecule has 0 saturated heterocycles. The lowest BCUT2D eigenvalue weighted by molar-refractivity contribution is 0.102. The highest BCUT2D eigenvalue weighted by Crippen LogP contribution is 2.28. The van der Waals surface area contributed by atoms with Gasteiger partial charge in [-0.3, -0.25) is 4.79 Å². The average Bonchev–Trinajstić information content (AvgIpc) is 3.27. The topological polar surface area (TPSA) is 105 Å². The quantitative estimate of drug-likeness (QED) is 0.627. The van der Waals surface area contributed by atoms with Crippen LogP contribution in [0.3, 0.4) is 0 Å². The zero-order valence-electron chi connectivity index (χ0n) is 17.9. The Morgan fingerprint density at radius 1 is 1.32 bits per heavy atom. The summed E-state index contributed by atoms with van der Waals surface area (Å²) in [7, 11) is 3.64. The van der Waals surface area contributed by atoms with Crippen LogP contribution in [0.1, 0.15) is 34.5 Å². The molecule has 3 aromatic rings. The molecule has 0 radical (unpaired) electrons. The first-order valence-electron chi connectivity index (χ1n) is 10.2. The van der Waals surface area contributed by atoms with E-state index in [1.165, 1.54) is 5.56 Å². The van der Waals surface area contributed by atoms with Crippen LogP contribution in [0.25, 0.3) is 11.5 Å². The predicted octanol–water partition coefficient (Wildman–Crippen LogP) is 2.14. The standard InChI is InChI=1S/C22H26N6O3/c1-14(12-29)28-13-23-26-21(28)18-5-4-6-20(24-18)25-22(30)17-9-16-11-27(2)8-7-15(16)10-19(17)31-3/h4-6,9-10,13-14,29H,7-8,11-12H2,1-3H3,(H,24,25,30)/t14-/m1/s1. The Hall–Kier alpha value is -3.30. The number of pyridine rings is 1. The molecule has 2 aromatic heterocycles. The minimum absolute atomic E-state index is 0.0468. The Labute approximate surface area is 180 Å². The molecule has 0 unspecified atom stereocenters. The number of anilines is 1. The molecule has 162 valence electrons. The highest BCUT2D eigenvalue weighted by molar-refractivity contribution is 6.06. The van der Waals surface area contributed by atoms with Crippen LogP contribution < -0.4 is 10.1 Å². The van der Waals surface area contributed by atoms with Crippen molar-refractivity contribution < 1.29 is 14.6 Å². The Morgan fingerprint density at radius 2 is 2.16 bits per heavy atom. The number of hydrogen-bond acceptors (Lipinski definition) is 7. The zero-order chi connectivity index (χ0) is 22.0. The summed E-state index contributed by atoms with van der Waals surface area (Å²) in [5.74, 6) is 1.17. The molecule has 1 atom stereocenters. The number of ether oxygens (including phenoxy) is 1. The SMILES string of the molecule is COc1cc2c(cc1C(=O)Nc1cccc(-c3nncn3[C@H](C)CO)n1)CN(C)CC2. The maximum Gasteiger partial charge on any atom is 0.260 e. The molecule has 1 amide bonds. The highest BCUT2D eigenvalue weighted by Gasteiger charge is 2.21. The summed E-state index contributed by atoms with van der Waals surface area (Å²) in [6.45, 7) is 3.59. The van der Waals surface area contributed by atoms with E-state index in [4.69, 9.17) is 4.74 Å². The number of rotatable bonds is 6. The first kappa shape index (κ1) is 21.0. The molecule has 0 bridgehead atoms. The number of amides is 1. The monoisotopic (exact) mass is 422 g/mol. The van der Waals surface area contributed by atoms with E-state index in [2.05, 4.69) is 32.4 Å². The van der Waals surface area contributed by atoms with E-state index in [-0.39, 0.29) is 18.6 Å². The third-order valence-electron chi connectivity index (χ3n) is 5.50. The van der Waals surface area contributed by atoms with Crippen molar-refractivity contribution in [2.24, 2.45) is 0 Å². The second kappa shape index (κ2) is 8.83. The average molecular weight is 422 g/mol. The number of fused-ring (bicyclic) bond motifs is 1. The number of aliphatic hydroxyl groups is 1. The number of nitrogens with zero attached hydrogens (tertiary/aromatic N) is 5. The lowest BCUT2D eigenvalue weighted by Crippen LogP contribution is -2.27. The lowest BCUT2D eigenvalue weighted by Gasteiger charge is -2.26. The maximum atomic E-state index is 13.1. The molecular formula is C22H26N6O3. The van der Waals surface area contributed by atoms with Crippen molar-refractivity contribution in [2.45, 2.75) is 25.9 Å². The molecule has 4 rings (SSSR count). The fraction of sp³-hybridized carbons (Fsp3) is 0.364. The van der Waals surface area contributed by atoms with Crippen LogP contribution in [-0.4, -0.2) is 63.0 Å². The predicted molar refractivity (Wildman–Crippen MR) is 116 cm³/mol. The van der Waals surface area contributed by atoms with Crippen molar-refractivity contribution in [1.29, 1.82) is 0 Å². The van der Waals surface area contributed by atoms with Crippen LogP contribution in [0.2, 0.25) is 0 Å². The van der Waals surface area contributed by atoms with Gasteiger partial charge in [0, 0.05) is 13.1 Å². The van der Waals surface area contributed by atoms with Crippen LogP contribution in [0.5, 0.6) is 5.75 Å². The molecular weight excluding hydrogens is 396 g/mol. The van der Waals surface area contributed by atoms with Gasteiger partial charge in [-0.15, -0.1) is 10.2 Å². The Balaban J connectivity index is 1.61. The van der Waals surface area contributed by atoms with E-state index in [1.807, 2.05) is 19.1 Å². The van der Waals surface area contributed by atoms with Gasteiger partial charge in [-0.1, -0.05) is 6.07 Å². The second-order valence-corrected chi connectivity index (χ2v) is 7.76. The van der Waals surface area contributed by atoms with Crippen LogP contribution in [0.15, 0.2) is 36.7 Å². The van der Waals surface area contributed by atoms with E-state index in [1.54, 1.807) is 36.2 Å². The van der Waals surface area contributed by atoms with Crippen LogP contribution >= 0.6 is 0 Å². The van der Waals surface area contributed by atoms with E-state index in [0.717, 1.165) is 25.1 Å². The second-order valence-electron chi connectivity index (χ2n) is 7.76. The minimum Gasteiger partial charge on any atom is -0.496 e. The lowest BCUT2D eigenvalue weighted by atomic mass is 9.96. The molecule has 0 aliphatic carbocycles. The first-order chi connectivity index (χ1) is 15.0. The van der Waals surface area contributed by atoms with E-state index in [0.29, 0.717) is 28.6 Å². The maximum absolute atomic E-state index is 13.1. The number of aromatic nitrogens is 4. The van der Waals surface area contributed by atoms with E-state index < -0.39 is 0 Å². The third kappa shape index (κ3) is 4.28. The molecule has 0 spiro atoms. The molecule has 3 heterocycles. The number of methoxy groups -OCH3 is 1. The van der Waals surface area contributed by atoms with Crippen LogP contribution in [-0.2, 0) is 13.0 Å². The van der Waals surface area contributed by atoms with Gasteiger partial charge in [0.25, 0.3) is 5.91 Å². The van der Waals surface area contributed by atoms with Gasteiger partial charge in [0.2, 0.25) is 0 Å². The molecule has 1 aromatic carbocycles. The van der Waals surface area contributed by atoms with Crippen molar-refractivity contribution in [2.75, 3.05) is 32.6 Å². The van der Waals surface area contributed by atoms with Gasteiger partial charge in [-0.2, -0.15) is 0 Å². The van der Waals surface area contributed by atoms with Gasteiger partial charge in [-0.25, -0.2) is 4.98 Å².